The Morgan fingerprint density at radius 1 is 0.759 bits per heavy atom. The molecule has 0 unspecified atom stereocenters. The number of unbranched alkanes of at least 4 members (excludes halogenated alkanes) is 4. The first kappa shape index (κ1) is 21.7. The molecule has 0 bridgehead atoms. The lowest BCUT2D eigenvalue weighted by Crippen LogP contribution is -2.13. The smallest absolute Gasteiger partial charge is 0.159 e. The summed E-state index contributed by atoms with van der Waals surface area (Å²) in [4.78, 5) is 0. The van der Waals surface area contributed by atoms with Crippen molar-refractivity contribution in [2.75, 3.05) is 0 Å². The Kier molecular flexibility index (Phi) is 8.39. The Morgan fingerprint density at radius 3 is 2.14 bits per heavy atom. The predicted molar refractivity (Wildman–Crippen MR) is 114 cm³/mol. The average molecular weight is 401 g/mol. The van der Waals surface area contributed by atoms with Crippen molar-refractivity contribution in [1.82, 2.24) is 0 Å². The van der Waals surface area contributed by atoms with Gasteiger partial charge in [-0.2, -0.15) is 0 Å². The van der Waals surface area contributed by atoms with E-state index in [1.165, 1.54) is 69.1 Å². The molecular formula is C26H31F3. The van der Waals surface area contributed by atoms with E-state index in [0.717, 1.165) is 24.3 Å². The van der Waals surface area contributed by atoms with Crippen molar-refractivity contribution in [1.29, 1.82) is 0 Å². The monoisotopic (exact) mass is 400 g/mol. The van der Waals surface area contributed by atoms with Crippen LogP contribution < -0.4 is 0 Å². The fourth-order valence-corrected chi connectivity index (χ4v) is 4.52. The number of allylic oxidation sites excluding steroid dienone is 1. The lowest BCUT2D eigenvalue weighted by molar-refractivity contribution is 0.302. The van der Waals surface area contributed by atoms with Crippen LogP contribution >= 0.6 is 0 Å². The first-order valence-corrected chi connectivity index (χ1v) is 11.0. The highest BCUT2D eigenvalue weighted by atomic mass is 19.2. The van der Waals surface area contributed by atoms with Crippen molar-refractivity contribution < 1.29 is 13.2 Å². The summed E-state index contributed by atoms with van der Waals surface area (Å²) in [5.41, 5.74) is 2.99. The van der Waals surface area contributed by atoms with Gasteiger partial charge in [-0.25, -0.2) is 13.2 Å². The highest BCUT2D eigenvalue weighted by Crippen LogP contribution is 2.38. The van der Waals surface area contributed by atoms with Gasteiger partial charge in [-0.05, 0) is 79.2 Å². The highest BCUT2D eigenvalue weighted by Gasteiger charge is 2.22. The van der Waals surface area contributed by atoms with Crippen LogP contribution in [-0.2, 0) is 0 Å². The van der Waals surface area contributed by atoms with E-state index in [9.17, 15) is 13.2 Å². The molecule has 0 amide bonds. The Hall–Kier alpha value is -2.03. The molecule has 2 aromatic carbocycles. The Bertz CT molecular complexity index is 771. The Labute approximate surface area is 172 Å². The number of hydrogen-bond donors (Lipinski definition) is 0. The second kappa shape index (κ2) is 11.2. The van der Waals surface area contributed by atoms with Gasteiger partial charge in [0, 0.05) is 0 Å². The van der Waals surface area contributed by atoms with Gasteiger partial charge in [0.15, 0.2) is 11.6 Å². The van der Waals surface area contributed by atoms with Gasteiger partial charge in [0.1, 0.15) is 0 Å². The molecule has 0 nitrogen and oxygen atoms in total. The Morgan fingerprint density at radius 2 is 1.45 bits per heavy atom. The van der Waals surface area contributed by atoms with Gasteiger partial charge in [0.2, 0.25) is 0 Å². The number of halogens is 3. The molecule has 3 heteroatoms. The van der Waals surface area contributed by atoms with E-state index in [2.05, 4.69) is 12.1 Å². The fourth-order valence-electron chi connectivity index (χ4n) is 4.52. The number of hydrogen-bond acceptors (Lipinski definition) is 0. The quantitative estimate of drug-likeness (QED) is 0.369. The molecular weight excluding hydrogens is 369 g/mol. The predicted octanol–water partition coefficient (Wildman–Crippen LogP) is 8.73. The molecule has 0 radical (unpaired) electrons. The second-order valence-electron chi connectivity index (χ2n) is 8.32. The maximum atomic E-state index is 13.5. The zero-order valence-corrected chi connectivity index (χ0v) is 17.1. The van der Waals surface area contributed by atoms with Crippen LogP contribution in [0, 0.1) is 17.6 Å². The van der Waals surface area contributed by atoms with Crippen molar-refractivity contribution in [3.05, 3.63) is 72.1 Å². The van der Waals surface area contributed by atoms with Gasteiger partial charge in [-0.3, -0.25) is 0 Å². The van der Waals surface area contributed by atoms with Crippen LogP contribution in [0.2, 0.25) is 0 Å². The van der Waals surface area contributed by atoms with Crippen LogP contribution in [0.15, 0.2) is 54.9 Å². The van der Waals surface area contributed by atoms with E-state index < -0.39 is 11.6 Å². The average Bonchev–Trinajstić information content (AvgIpc) is 2.76. The highest BCUT2D eigenvalue weighted by molar-refractivity contribution is 5.63. The van der Waals surface area contributed by atoms with Crippen LogP contribution in [0.3, 0.4) is 0 Å². The fraction of sp³-hybridized carbons (Fsp3) is 0.462. The largest absolute Gasteiger partial charge is 0.216 e. The van der Waals surface area contributed by atoms with Gasteiger partial charge < -0.3 is 0 Å². The standard InChI is InChI=1S/C26H31F3/c27-18-6-4-2-1-3-5-7-20-8-10-21(11-9-20)22-12-14-23(15-13-22)24-16-17-25(28)26(29)19-24/h6,12-21H,1-5,7-11H2/b18-6+. The third-order valence-electron chi connectivity index (χ3n) is 6.30. The van der Waals surface area contributed by atoms with Gasteiger partial charge in [0.25, 0.3) is 0 Å². The van der Waals surface area contributed by atoms with Crippen molar-refractivity contribution in [2.45, 2.75) is 70.1 Å². The summed E-state index contributed by atoms with van der Waals surface area (Å²) in [6.45, 7) is 0. The number of rotatable bonds is 9. The molecule has 0 spiro atoms. The summed E-state index contributed by atoms with van der Waals surface area (Å²) in [5, 5.41) is 0. The molecule has 29 heavy (non-hydrogen) atoms. The molecule has 1 aliphatic carbocycles. The van der Waals surface area contributed by atoms with Gasteiger partial charge in [0.05, 0.1) is 6.33 Å². The third kappa shape index (κ3) is 6.48. The van der Waals surface area contributed by atoms with Crippen molar-refractivity contribution in [3.63, 3.8) is 0 Å². The zero-order chi connectivity index (χ0) is 20.5. The molecule has 0 aliphatic heterocycles. The van der Waals surface area contributed by atoms with Crippen LogP contribution in [0.5, 0.6) is 0 Å². The van der Waals surface area contributed by atoms with Crippen molar-refractivity contribution in [2.24, 2.45) is 5.92 Å². The summed E-state index contributed by atoms with van der Waals surface area (Å²) >= 11 is 0. The SMILES string of the molecule is F/C=C/CCCCCCC1CCC(c2ccc(-c3ccc(F)c(F)c3)cc2)CC1. The van der Waals surface area contributed by atoms with Crippen molar-refractivity contribution in [3.8, 4) is 11.1 Å². The topological polar surface area (TPSA) is 0 Å². The molecule has 0 heterocycles. The maximum absolute atomic E-state index is 13.5. The normalized spacial score (nSPS) is 19.7. The van der Waals surface area contributed by atoms with E-state index in [1.54, 1.807) is 12.1 Å². The summed E-state index contributed by atoms with van der Waals surface area (Å²) in [6, 6.07) is 12.4. The van der Waals surface area contributed by atoms with Gasteiger partial charge >= 0.3 is 0 Å². The third-order valence-corrected chi connectivity index (χ3v) is 6.30. The van der Waals surface area contributed by atoms with Crippen LogP contribution in [0.1, 0.15) is 75.7 Å². The lowest BCUT2D eigenvalue weighted by Gasteiger charge is -2.29. The first-order chi connectivity index (χ1) is 14.2. The Balaban J connectivity index is 1.42. The summed E-state index contributed by atoms with van der Waals surface area (Å²) in [5.74, 6) is -0.159. The van der Waals surface area contributed by atoms with Crippen LogP contribution in [0.4, 0.5) is 13.2 Å². The first-order valence-electron chi connectivity index (χ1n) is 11.0. The van der Waals surface area contributed by atoms with Crippen molar-refractivity contribution >= 4 is 0 Å². The molecule has 3 rings (SSSR count). The molecule has 156 valence electrons. The van der Waals surface area contributed by atoms with E-state index in [1.807, 2.05) is 12.1 Å². The van der Waals surface area contributed by atoms with E-state index in [4.69, 9.17) is 0 Å². The van der Waals surface area contributed by atoms with Crippen LogP contribution in [0.25, 0.3) is 11.1 Å². The molecule has 0 aromatic heterocycles. The van der Waals surface area contributed by atoms with E-state index in [-0.39, 0.29) is 0 Å². The number of benzene rings is 2. The molecule has 2 aromatic rings. The molecule has 1 aliphatic rings. The molecule has 0 N–H and O–H groups in total. The van der Waals surface area contributed by atoms with Crippen LogP contribution in [-0.4, -0.2) is 0 Å². The zero-order valence-electron chi connectivity index (χ0n) is 17.1. The van der Waals surface area contributed by atoms with Gasteiger partial charge in [-0.15, -0.1) is 0 Å². The second-order valence-corrected chi connectivity index (χ2v) is 8.32. The maximum Gasteiger partial charge on any atom is 0.159 e. The minimum Gasteiger partial charge on any atom is -0.216 e. The molecule has 1 saturated carbocycles. The van der Waals surface area contributed by atoms with Gasteiger partial charge in [-0.1, -0.05) is 62.1 Å². The minimum absolute atomic E-state index is 0.609. The molecule has 0 atom stereocenters. The molecule has 0 saturated heterocycles. The van der Waals surface area contributed by atoms with E-state index >= 15 is 0 Å². The summed E-state index contributed by atoms with van der Waals surface area (Å²) < 4.78 is 38.5. The van der Waals surface area contributed by atoms with E-state index in [0.29, 0.717) is 17.8 Å². The minimum atomic E-state index is -0.809. The summed E-state index contributed by atoms with van der Waals surface area (Å²) in [7, 11) is 0. The summed E-state index contributed by atoms with van der Waals surface area (Å²) in [6.07, 6.45) is 14.3. The molecule has 1 fully saturated rings. The lowest BCUT2D eigenvalue weighted by atomic mass is 9.77.